The van der Waals surface area contributed by atoms with Crippen LogP contribution in [-0.4, -0.2) is 26.8 Å². The summed E-state index contributed by atoms with van der Waals surface area (Å²) in [7, 11) is 0. The van der Waals surface area contributed by atoms with Crippen LogP contribution in [0.3, 0.4) is 0 Å². The number of amides is 1. The van der Waals surface area contributed by atoms with E-state index in [2.05, 4.69) is 31.3 Å². The summed E-state index contributed by atoms with van der Waals surface area (Å²) in [5, 5.41) is 57.2. The number of phenolic OH excluding ortho intramolecular Hbond substituents is 2. The number of hydrogen-bond donors (Lipinski definition) is 4. The molecule has 0 unspecified atom stereocenters. The Morgan fingerprint density at radius 2 is 1.18 bits per heavy atom. The van der Waals surface area contributed by atoms with Gasteiger partial charge in [-0.3, -0.25) is 30.0 Å². The zero-order valence-electron chi connectivity index (χ0n) is 31.8. The maximum absolute atomic E-state index is 13.8. The highest BCUT2D eigenvalue weighted by molar-refractivity contribution is 6.22. The van der Waals surface area contributed by atoms with Gasteiger partial charge >= 0.3 is 0 Å². The molecule has 0 atom stereocenters. The number of rotatable bonds is 11. The normalized spacial score (nSPS) is 12.0. The number of carbonyl (C=O) groups is 2. The van der Waals surface area contributed by atoms with E-state index in [9.17, 15) is 29.9 Å². The van der Waals surface area contributed by atoms with E-state index < -0.39 is 10.8 Å². The molecule has 0 heterocycles. The summed E-state index contributed by atoms with van der Waals surface area (Å²) in [6.45, 7) is -0.158. The number of nitro benzene ring substituents is 1. The van der Waals surface area contributed by atoms with Crippen molar-refractivity contribution in [3.63, 3.8) is 0 Å². The number of para-hydroxylation sites is 3. The number of aromatic hydroxyl groups is 2. The van der Waals surface area contributed by atoms with Crippen LogP contribution in [0.1, 0.15) is 31.8 Å². The smallest absolute Gasteiger partial charge is 0.294 e. The summed E-state index contributed by atoms with van der Waals surface area (Å²) in [4.78, 5) is 43.6. The van der Waals surface area contributed by atoms with Crippen molar-refractivity contribution in [3.8, 4) is 22.6 Å². The van der Waals surface area contributed by atoms with Gasteiger partial charge in [0.2, 0.25) is 0 Å². The lowest BCUT2D eigenvalue weighted by Crippen LogP contribution is -2.12. The molecule has 4 N–H and O–H groups in total. The Labute approximate surface area is 346 Å². The molecule has 8 aromatic rings. The number of nitro groups is 1. The van der Waals surface area contributed by atoms with E-state index in [0.717, 1.165) is 5.39 Å². The largest absolute Gasteiger partial charge is 0.505 e. The van der Waals surface area contributed by atoms with E-state index in [1.54, 1.807) is 109 Å². The van der Waals surface area contributed by atoms with Crippen molar-refractivity contribution < 1.29 is 29.6 Å². The fourth-order valence-corrected chi connectivity index (χ4v) is 7.20. The molecule has 0 saturated heterocycles. The van der Waals surface area contributed by atoms with Gasteiger partial charge in [0.15, 0.2) is 11.5 Å². The first-order chi connectivity index (χ1) is 29.7. The van der Waals surface area contributed by atoms with Gasteiger partial charge in [-0.1, -0.05) is 91.0 Å². The standard InChI is InChI=1S/C47H31N7O7/c55-44-29(26-61-53-40-16-8-9-17-41(40)54(59)60)22-27-10-4-6-14-33(27)42(44)51-49-31-18-20-35-36-21-19-32(25-38(36)45(56)37(35)24-31)50-52-43-34-15-7-5-11-28(34)23-39(46(43)57)47(58)48-30-12-2-1-3-13-30/h1-25,53,55,57H,26H2,(H,48,58). The fourth-order valence-electron chi connectivity index (χ4n) is 7.20. The molecule has 0 radical (unpaired) electrons. The third-order valence-corrected chi connectivity index (χ3v) is 10.2. The van der Waals surface area contributed by atoms with Gasteiger partial charge in [0.1, 0.15) is 29.4 Å². The molecule has 1 aliphatic rings. The molecular weight excluding hydrogens is 775 g/mol. The highest BCUT2D eigenvalue weighted by atomic mass is 16.6. The van der Waals surface area contributed by atoms with Crippen molar-refractivity contribution in [2.24, 2.45) is 20.5 Å². The van der Waals surface area contributed by atoms with Gasteiger partial charge in [-0.15, -0.1) is 10.2 Å². The molecule has 296 valence electrons. The van der Waals surface area contributed by atoms with Crippen LogP contribution in [-0.2, 0) is 11.4 Å². The van der Waals surface area contributed by atoms with Crippen LogP contribution in [0.4, 0.5) is 39.8 Å². The van der Waals surface area contributed by atoms with Crippen molar-refractivity contribution in [1.29, 1.82) is 0 Å². The van der Waals surface area contributed by atoms with Crippen LogP contribution in [0.15, 0.2) is 172 Å². The summed E-state index contributed by atoms with van der Waals surface area (Å²) in [6, 6.07) is 43.0. The number of ketones is 1. The van der Waals surface area contributed by atoms with E-state index in [4.69, 9.17) is 4.84 Å². The number of nitrogens with zero attached hydrogens (tertiary/aromatic N) is 5. The Kier molecular flexibility index (Phi) is 9.93. The summed E-state index contributed by atoms with van der Waals surface area (Å²) >= 11 is 0. The second kappa shape index (κ2) is 16.0. The Bertz CT molecular complexity index is 3150. The van der Waals surface area contributed by atoms with Gasteiger partial charge in [-0.05, 0) is 76.5 Å². The lowest BCUT2D eigenvalue weighted by molar-refractivity contribution is -0.384. The second-order valence-electron chi connectivity index (χ2n) is 14.0. The molecular formula is C47H31N7O7. The Balaban J connectivity index is 0.965. The number of fused-ring (bicyclic) bond motifs is 5. The molecule has 0 fully saturated rings. The summed E-state index contributed by atoms with van der Waals surface area (Å²) in [6.07, 6.45) is 0. The zero-order chi connectivity index (χ0) is 42.0. The van der Waals surface area contributed by atoms with Gasteiger partial charge in [-0.2, -0.15) is 10.2 Å². The monoisotopic (exact) mass is 805 g/mol. The molecule has 14 nitrogen and oxygen atoms in total. The van der Waals surface area contributed by atoms with Gasteiger partial charge < -0.3 is 15.5 Å². The first kappa shape index (κ1) is 37.9. The first-order valence-corrected chi connectivity index (χ1v) is 18.9. The Hall–Kier alpha value is -8.62. The number of benzene rings is 8. The third-order valence-electron chi connectivity index (χ3n) is 10.2. The van der Waals surface area contributed by atoms with Crippen molar-refractivity contribution in [1.82, 2.24) is 0 Å². The molecule has 0 spiro atoms. The average Bonchev–Trinajstić information content (AvgIpc) is 3.55. The maximum Gasteiger partial charge on any atom is 0.294 e. The quantitative estimate of drug-likeness (QED) is 0.0561. The number of azo groups is 2. The van der Waals surface area contributed by atoms with Gasteiger partial charge in [0, 0.05) is 39.2 Å². The van der Waals surface area contributed by atoms with E-state index in [1.165, 1.54) is 12.1 Å². The number of hydrogen-bond acceptors (Lipinski definition) is 12. The molecule has 9 rings (SSSR count). The molecule has 14 heteroatoms. The fraction of sp³-hybridized carbons (Fsp3) is 0.0213. The highest BCUT2D eigenvalue weighted by Crippen LogP contribution is 2.44. The molecule has 0 aliphatic heterocycles. The van der Waals surface area contributed by atoms with Crippen LogP contribution < -0.4 is 10.8 Å². The molecule has 0 bridgehead atoms. The number of anilines is 2. The third kappa shape index (κ3) is 7.37. The minimum atomic E-state index is -0.527. The Morgan fingerprint density at radius 3 is 1.82 bits per heavy atom. The minimum Gasteiger partial charge on any atom is -0.505 e. The molecule has 61 heavy (non-hydrogen) atoms. The van der Waals surface area contributed by atoms with E-state index in [1.807, 2.05) is 30.3 Å². The van der Waals surface area contributed by atoms with Crippen molar-refractivity contribution >= 4 is 73.0 Å². The molecule has 0 saturated carbocycles. The predicted molar refractivity (Wildman–Crippen MR) is 231 cm³/mol. The first-order valence-electron chi connectivity index (χ1n) is 18.9. The van der Waals surface area contributed by atoms with Gasteiger partial charge in [0.25, 0.3) is 11.6 Å². The Morgan fingerprint density at radius 1 is 0.623 bits per heavy atom. The van der Waals surface area contributed by atoms with Crippen LogP contribution in [0, 0.1) is 10.1 Å². The van der Waals surface area contributed by atoms with E-state index in [-0.39, 0.29) is 52.2 Å². The highest BCUT2D eigenvalue weighted by Gasteiger charge is 2.28. The zero-order valence-corrected chi connectivity index (χ0v) is 31.8. The molecule has 1 amide bonds. The van der Waals surface area contributed by atoms with Crippen LogP contribution in [0.2, 0.25) is 0 Å². The van der Waals surface area contributed by atoms with Crippen molar-refractivity contribution in [2.45, 2.75) is 6.61 Å². The summed E-state index contributed by atoms with van der Waals surface area (Å²) in [5.41, 5.74) is 6.73. The summed E-state index contributed by atoms with van der Waals surface area (Å²) < 4.78 is 0. The SMILES string of the molecule is O=C1c2cc(N=Nc3c(O)c(CONc4ccccc4[N+](=O)[O-])cc4ccccc34)ccc2-c2ccc(N=Nc3c(O)c(C(=O)Nc4ccccc4)cc4ccccc34)cc21. The minimum absolute atomic E-state index is 0.0281. The van der Waals surface area contributed by atoms with E-state index >= 15 is 0 Å². The number of carbonyl (C=O) groups excluding carboxylic acids is 2. The molecule has 0 aromatic heterocycles. The molecule has 8 aromatic carbocycles. The van der Waals surface area contributed by atoms with E-state index in [0.29, 0.717) is 61.0 Å². The summed E-state index contributed by atoms with van der Waals surface area (Å²) in [5.74, 6) is -1.30. The average molecular weight is 806 g/mol. The predicted octanol–water partition coefficient (Wildman–Crippen LogP) is 12.2. The van der Waals surface area contributed by atoms with Crippen molar-refractivity contribution in [2.75, 3.05) is 10.8 Å². The van der Waals surface area contributed by atoms with Crippen LogP contribution in [0.5, 0.6) is 11.5 Å². The number of nitrogens with one attached hydrogen (secondary N) is 2. The van der Waals surface area contributed by atoms with Gasteiger partial charge in [0.05, 0.1) is 21.9 Å². The van der Waals surface area contributed by atoms with Gasteiger partial charge in [-0.25, -0.2) is 0 Å². The second-order valence-corrected chi connectivity index (χ2v) is 14.0. The molecule has 1 aliphatic carbocycles. The lowest BCUT2D eigenvalue weighted by Gasteiger charge is -2.12. The van der Waals surface area contributed by atoms with Crippen LogP contribution >= 0.6 is 0 Å². The van der Waals surface area contributed by atoms with Crippen molar-refractivity contribution in [3.05, 3.63) is 184 Å². The van der Waals surface area contributed by atoms with Crippen LogP contribution in [0.25, 0.3) is 32.7 Å². The number of phenols is 2. The maximum atomic E-state index is 13.8. The topological polar surface area (TPSA) is 200 Å². The lowest BCUT2D eigenvalue weighted by atomic mass is 10.0.